The Morgan fingerprint density at radius 3 is 2.31 bits per heavy atom. The number of tetrazole rings is 1. The van der Waals surface area contributed by atoms with E-state index >= 15 is 0 Å². The van der Waals surface area contributed by atoms with Crippen molar-refractivity contribution in [2.24, 2.45) is 0 Å². The molecule has 2 saturated heterocycles. The molecular formula is C22H32N6O. The summed E-state index contributed by atoms with van der Waals surface area (Å²) < 4.78 is 7.76. The second-order valence-corrected chi connectivity index (χ2v) is 8.61. The number of ether oxygens (including phenoxy) is 1. The first kappa shape index (κ1) is 19.0. The Kier molecular flexibility index (Phi) is 5.76. The van der Waals surface area contributed by atoms with Crippen molar-refractivity contribution in [3.05, 3.63) is 35.7 Å². The van der Waals surface area contributed by atoms with Crippen LogP contribution in [0.3, 0.4) is 0 Å². The third-order valence-electron chi connectivity index (χ3n) is 6.77. The van der Waals surface area contributed by atoms with Crippen LogP contribution in [0.5, 0.6) is 0 Å². The Balaban J connectivity index is 1.46. The SMILES string of the molecule is c1cc(N2CCCC2)ccc1[C@H](c1nnnn1C1CCCCC1)N1CCOCC1. The van der Waals surface area contributed by atoms with Crippen LogP contribution in [-0.2, 0) is 4.74 Å². The van der Waals surface area contributed by atoms with Gasteiger partial charge < -0.3 is 9.64 Å². The van der Waals surface area contributed by atoms with E-state index in [1.165, 1.54) is 69.3 Å². The molecule has 7 nitrogen and oxygen atoms in total. The number of rotatable bonds is 5. The lowest BCUT2D eigenvalue weighted by atomic mass is 9.95. The van der Waals surface area contributed by atoms with Crippen molar-refractivity contribution < 1.29 is 4.74 Å². The van der Waals surface area contributed by atoms with Gasteiger partial charge >= 0.3 is 0 Å². The second kappa shape index (κ2) is 8.79. The molecule has 0 N–H and O–H groups in total. The zero-order chi connectivity index (χ0) is 19.5. The number of morpholine rings is 1. The molecule has 2 aromatic rings. The van der Waals surface area contributed by atoms with E-state index in [4.69, 9.17) is 4.74 Å². The van der Waals surface area contributed by atoms with E-state index in [0.717, 1.165) is 32.1 Å². The topological polar surface area (TPSA) is 59.3 Å². The molecule has 0 amide bonds. The van der Waals surface area contributed by atoms with Crippen LogP contribution in [0, 0.1) is 0 Å². The molecule has 1 saturated carbocycles. The minimum atomic E-state index is 0.0865. The first-order valence-electron chi connectivity index (χ1n) is 11.3. The van der Waals surface area contributed by atoms with Gasteiger partial charge in [-0.05, 0) is 53.8 Å². The summed E-state index contributed by atoms with van der Waals surface area (Å²) in [6.07, 6.45) is 8.85. The molecule has 1 atom stereocenters. The van der Waals surface area contributed by atoms with Crippen molar-refractivity contribution in [1.82, 2.24) is 25.1 Å². The summed E-state index contributed by atoms with van der Waals surface area (Å²) >= 11 is 0. The van der Waals surface area contributed by atoms with Gasteiger partial charge in [0.05, 0.1) is 25.3 Å². The summed E-state index contributed by atoms with van der Waals surface area (Å²) in [5.74, 6) is 0.993. The van der Waals surface area contributed by atoms with E-state index in [0.29, 0.717) is 6.04 Å². The van der Waals surface area contributed by atoms with Crippen LogP contribution in [0.25, 0.3) is 0 Å². The highest BCUT2D eigenvalue weighted by Gasteiger charge is 2.31. The number of nitrogens with zero attached hydrogens (tertiary/aromatic N) is 6. The van der Waals surface area contributed by atoms with Gasteiger partial charge in [-0.3, -0.25) is 4.90 Å². The molecular weight excluding hydrogens is 364 g/mol. The molecule has 1 aromatic carbocycles. The molecule has 5 rings (SSSR count). The molecule has 0 unspecified atom stereocenters. The largest absolute Gasteiger partial charge is 0.379 e. The predicted molar refractivity (Wildman–Crippen MR) is 112 cm³/mol. The molecule has 1 aromatic heterocycles. The van der Waals surface area contributed by atoms with Crippen molar-refractivity contribution in [2.45, 2.75) is 57.0 Å². The molecule has 29 heavy (non-hydrogen) atoms. The predicted octanol–water partition coefficient (Wildman–Crippen LogP) is 3.20. The van der Waals surface area contributed by atoms with Crippen LogP contribution in [0.15, 0.2) is 24.3 Å². The molecule has 3 fully saturated rings. The summed E-state index contributed by atoms with van der Waals surface area (Å²) in [4.78, 5) is 4.97. The normalized spacial score (nSPS) is 22.8. The molecule has 7 heteroatoms. The molecule has 1 aliphatic carbocycles. The van der Waals surface area contributed by atoms with Crippen LogP contribution in [0.4, 0.5) is 5.69 Å². The maximum Gasteiger partial charge on any atom is 0.173 e. The van der Waals surface area contributed by atoms with E-state index in [1.807, 2.05) is 0 Å². The molecule has 156 valence electrons. The van der Waals surface area contributed by atoms with Crippen LogP contribution < -0.4 is 4.90 Å². The summed E-state index contributed by atoms with van der Waals surface area (Å²) in [6.45, 7) is 5.71. The van der Waals surface area contributed by atoms with E-state index in [-0.39, 0.29) is 6.04 Å². The van der Waals surface area contributed by atoms with Crippen LogP contribution >= 0.6 is 0 Å². The zero-order valence-corrected chi connectivity index (χ0v) is 17.2. The number of aromatic nitrogens is 4. The lowest BCUT2D eigenvalue weighted by molar-refractivity contribution is 0.0211. The second-order valence-electron chi connectivity index (χ2n) is 8.61. The number of anilines is 1. The van der Waals surface area contributed by atoms with E-state index in [2.05, 4.69) is 54.3 Å². The summed E-state index contributed by atoms with van der Waals surface area (Å²) in [5, 5.41) is 13.1. The van der Waals surface area contributed by atoms with E-state index < -0.39 is 0 Å². The highest BCUT2D eigenvalue weighted by Crippen LogP contribution is 2.34. The lowest BCUT2D eigenvalue weighted by Gasteiger charge is -2.35. The number of benzene rings is 1. The summed E-state index contributed by atoms with van der Waals surface area (Å²) in [5.41, 5.74) is 2.61. The Morgan fingerprint density at radius 1 is 0.862 bits per heavy atom. The molecule has 0 spiro atoms. The highest BCUT2D eigenvalue weighted by atomic mass is 16.5. The Bertz CT molecular complexity index is 773. The van der Waals surface area contributed by atoms with Gasteiger partial charge in [0.15, 0.2) is 5.82 Å². The molecule has 3 aliphatic rings. The quantitative estimate of drug-likeness (QED) is 0.774. The Hall–Kier alpha value is -1.99. The van der Waals surface area contributed by atoms with Gasteiger partial charge in [0.25, 0.3) is 0 Å². The lowest BCUT2D eigenvalue weighted by Crippen LogP contribution is -2.41. The average Bonchev–Trinajstić information content (AvgIpc) is 3.49. The maximum atomic E-state index is 5.63. The molecule has 0 radical (unpaired) electrons. The maximum absolute atomic E-state index is 5.63. The van der Waals surface area contributed by atoms with Crippen LogP contribution in [0.2, 0.25) is 0 Å². The van der Waals surface area contributed by atoms with E-state index in [9.17, 15) is 0 Å². The smallest absolute Gasteiger partial charge is 0.173 e. The Labute approximate surface area is 173 Å². The van der Waals surface area contributed by atoms with E-state index in [1.54, 1.807) is 0 Å². The van der Waals surface area contributed by atoms with Gasteiger partial charge in [-0.1, -0.05) is 31.4 Å². The molecule has 3 heterocycles. The zero-order valence-electron chi connectivity index (χ0n) is 17.2. The standard InChI is InChI=1S/C22H32N6O/c1-2-6-20(7-3-1)28-22(23-24-25-28)21(27-14-16-29-17-15-27)18-8-10-19(11-9-18)26-12-4-5-13-26/h8-11,20-21H,1-7,12-17H2/t21-/m1/s1. The summed E-state index contributed by atoms with van der Waals surface area (Å²) in [7, 11) is 0. The average molecular weight is 397 g/mol. The molecule has 0 bridgehead atoms. The fraction of sp³-hybridized carbons (Fsp3) is 0.682. The van der Waals surface area contributed by atoms with Gasteiger partial charge in [-0.2, -0.15) is 0 Å². The fourth-order valence-electron chi connectivity index (χ4n) is 5.17. The van der Waals surface area contributed by atoms with Crippen LogP contribution in [-0.4, -0.2) is 64.5 Å². The Morgan fingerprint density at radius 2 is 1.59 bits per heavy atom. The third-order valence-corrected chi connectivity index (χ3v) is 6.77. The van der Waals surface area contributed by atoms with Crippen molar-refractivity contribution in [3.63, 3.8) is 0 Å². The van der Waals surface area contributed by atoms with Crippen molar-refractivity contribution in [3.8, 4) is 0 Å². The minimum Gasteiger partial charge on any atom is -0.379 e. The number of hydrogen-bond donors (Lipinski definition) is 0. The fourth-order valence-corrected chi connectivity index (χ4v) is 5.17. The van der Waals surface area contributed by atoms with Crippen LogP contribution in [0.1, 0.15) is 68.4 Å². The minimum absolute atomic E-state index is 0.0865. The first-order valence-corrected chi connectivity index (χ1v) is 11.3. The van der Waals surface area contributed by atoms with Gasteiger partial charge in [0.1, 0.15) is 0 Å². The molecule has 2 aliphatic heterocycles. The van der Waals surface area contributed by atoms with Gasteiger partial charge in [-0.15, -0.1) is 5.10 Å². The third kappa shape index (κ3) is 4.03. The monoisotopic (exact) mass is 396 g/mol. The van der Waals surface area contributed by atoms with Crippen molar-refractivity contribution >= 4 is 5.69 Å². The first-order chi connectivity index (χ1) is 14.4. The van der Waals surface area contributed by atoms with Crippen molar-refractivity contribution in [1.29, 1.82) is 0 Å². The van der Waals surface area contributed by atoms with Gasteiger partial charge in [-0.25, -0.2) is 4.68 Å². The summed E-state index contributed by atoms with van der Waals surface area (Å²) in [6, 6.07) is 9.65. The highest BCUT2D eigenvalue weighted by molar-refractivity contribution is 5.49. The van der Waals surface area contributed by atoms with Gasteiger partial charge in [0.2, 0.25) is 0 Å². The number of hydrogen-bond acceptors (Lipinski definition) is 6. The van der Waals surface area contributed by atoms with Crippen molar-refractivity contribution in [2.75, 3.05) is 44.3 Å². The van der Waals surface area contributed by atoms with Gasteiger partial charge in [0, 0.05) is 31.9 Å².